The Morgan fingerprint density at radius 2 is 2.14 bits per heavy atom. The van der Waals surface area contributed by atoms with Crippen LogP contribution in [0.3, 0.4) is 0 Å². The number of nitrogens with zero attached hydrogens (tertiary/aromatic N) is 2. The van der Waals surface area contributed by atoms with Gasteiger partial charge in [0, 0.05) is 11.6 Å². The molecule has 2 aliphatic carbocycles. The molecule has 3 atom stereocenters. The van der Waals surface area contributed by atoms with Gasteiger partial charge in [-0.05, 0) is 42.7 Å². The highest BCUT2D eigenvalue weighted by Gasteiger charge is 2.72. The molecule has 1 aromatic rings. The SMILES string of the molecule is CC1(C)[C@@H]2CC[C@]13CS(=O)(=O)N(C(=O)c1ccccn1)[C@@H]3C2. The smallest absolute Gasteiger partial charge is 0.266 e. The van der Waals surface area contributed by atoms with Gasteiger partial charge in [0.05, 0.1) is 11.8 Å². The fraction of sp³-hybridized carbons (Fsp3) is 0.625. The van der Waals surface area contributed by atoms with Gasteiger partial charge in [-0.15, -0.1) is 0 Å². The Bertz CT molecular complexity index is 744. The van der Waals surface area contributed by atoms with E-state index in [9.17, 15) is 13.2 Å². The summed E-state index contributed by atoms with van der Waals surface area (Å²) in [5, 5.41) is 0. The van der Waals surface area contributed by atoms with E-state index >= 15 is 0 Å². The minimum absolute atomic E-state index is 0.0239. The minimum atomic E-state index is -3.56. The van der Waals surface area contributed by atoms with Crippen molar-refractivity contribution in [3.63, 3.8) is 0 Å². The van der Waals surface area contributed by atoms with Gasteiger partial charge in [-0.25, -0.2) is 12.7 Å². The van der Waals surface area contributed by atoms with Crippen molar-refractivity contribution < 1.29 is 13.2 Å². The van der Waals surface area contributed by atoms with Crippen LogP contribution in [-0.4, -0.2) is 35.4 Å². The second-order valence-electron chi connectivity index (χ2n) is 7.44. The molecule has 4 rings (SSSR count). The van der Waals surface area contributed by atoms with Gasteiger partial charge in [0.2, 0.25) is 10.0 Å². The monoisotopic (exact) mass is 320 g/mol. The van der Waals surface area contributed by atoms with Crippen molar-refractivity contribution >= 4 is 15.9 Å². The number of pyridine rings is 1. The lowest BCUT2D eigenvalue weighted by Gasteiger charge is -2.37. The summed E-state index contributed by atoms with van der Waals surface area (Å²) in [6.45, 7) is 4.35. The van der Waals surface area contributed by atoms with Crippen LogP contribution < -0.4 is 0 Å². The number of sulfonamides is 1. The van der Waals surface area contributed by atoms with Gasteiger partial charge >= 0.3 is 0 Å². The van der Waals surface area contributed by atoms with E-state index in [0.29, 0.717) is 5.92 Å². The molecule has 2 heterocycles. The minimum Gasteiger partial charge on any atom is -0.266 e. The molecular weight excluding hydrogens is 300 g/mol. The van der Waals surface area contributed by atoms with E-state index in [2.05, 4.69) is 18.8 Å². The van der Waals surface area contributed by atoms with Gasteiger partial charge in [0.1, 0.15) is 5.69 Å². The lowest BCUT2D eigenvalue weighted by Crippen LogP contribution is -2.44. The fourth-order valence-corrected chi connectivity index (χ4v) is 7.68. The molecule has 1 spiro atoms. The molecule has 5 nitrogen and oxygen atoms in total. The van der Waals surface area contributed by atoms with Gasteiger partial charge in [0.25, 0.3) is 5.91 Å². The van der Waals surface area contributed by atoms with E-state index in [0.717, 1.165) is 23.6 Å². The van der Waals surface area contributed by atoms with Crippen LogP contribution in [0, 0.1) is 16.7 Å². The Hall–Kier alpha value is -1.43. The summed E-state index contributed by atoms with van der Waals surface area (Å²) in [7, 11) is -3.56. The summed E-state index contributed by atoms with van der Waals surface area (Å²) in [4.78, 5) is 16.8. The first-order chi connectivity index (χ1) is 10.3. The highest BCUT2D eigenvalue weighted by atomic mass is 32.2. The van der Waals surface area contributed by atoms with Crippen molar-refractivity contribution in [2.75, 3.05) is 5.75 Å². The first kappa shape index (κ1) is 14.2. The van der Waals surface area contributed by atoms with Gasteiger partial charge < -0.3 is 0 Å². The molecule has 1 aromatic heterocycles. The summed E-state index contributed by atoms with van der Waals surface area (Å²) in [5.41, 5.74) is -0.0890. The third kappa shape index (κ3) is 1.51. The largest absolute Gasteiger partial charge is 0.286 e. The van der Waals surface area contributed by atoms with Crippen LogP contribution in [0.15, 0.2) is 24.4 Å². The lowest BCUT2D eigenvalue weighted by atomic mass is 9.69. The van der Waals surface area contributed by atoms with Crippen LogP contribution >= 0.6 is 0 Å². The average Bonchev–Trinajstić information content (AvgIpc) is 2.94. The Kier molecular flexibility index (Phi) is 2.64. The topological polar surface area (TPSA) is 67.3 Å². The van der Waals surface area contributed by atoms with Crippen molar-refractivity contribution in [1.29, 1.82) is 0 Å². The molecule has 0 unspecified atom stereocenters. The van der Waals surface area contributed by atoms with Crippen molar-refractivity contribution in [3.05, 3.63) is 30.1 Å². The molecule has 0 aromatic carbocycles. The lowest BCUT2D eigenvalue weighted by molar-refractivity contribution is 0.0696. The van der Waals surface area contributed by atoms with Gasteiger partial charge in [-0.3, -0.25) is 9.78 Å². The fourth-order valence-electron chi connectivity index (χ4n) is 5.16. The number of hydrogen-bond donors (Lipinski definition) is 0. The van der Waals surface area contributed by atoms with Crippen LogP contribution in [0.5, 0.6) is 0 Å². The Morgan fingerprint density at radius 1 is 1.36 bits per heavy atom. The van der Waals surface area contributed by atoms with Crippen molar-refractivity contribution in [2.24, 2.45) is 16.7 Å². The van der Waals surface area contributed by atoms with E-state index in [-0.39, 0.29) is 28.3 Å². The molecule has 1 aliphatic heterocycles. The number of carbonyl (C=O) groups excluding carboxylic acids is 1. The maximum atomic E-state index is 12.8. The molecule has 3 aliphatic rings. The molecule has 1 saturated heterocycles. The van der Waals surface area contributed by atoms with Crippen LogP contribution in [0.4, 0.5) is 0 Å². The zero-order chi connectivity index (χ0) is 15.8. The Morgan fingerprint density at radius 3 is 2.77 bits per heavy atom. The first-order valence-corrected chi connectivity index (χ1v) is 9.38. The predicted octanol–water partition coefficient (Wildman–Crippen LogP) is 2.06. The molecular formula is C16H20N2O3S. The molecule has 2 bridgehead atoms. The zero-order valence-corrected chi connectivity index (χ0v) is 13.6. The Labute approximate surface area is 130 Å². The van der Waals surface area contributed by atoms with Crippen LogP contribution in [0.2, 0.25) is 0 Å². The van der Waals surface area contributed by atoms with Crippen LogP contribution in [0.25, 0.3) is 0 Å². The summed E-state index contributed by atoms with van der Waals surface area (Å²) >= 11 is 0. The average molecular weight is 320 g/mol. The third-order valence-electron chi connectivity index (χ3n) is 6.50. The number of fused-ring (bicyclic) bond motifs is 1. The zero-order valence-electron chi connectivity index (χ0n) is 12.8. The number of aromatic nitrogens is 1. The second kappa shape index (κ2) is 4.10. The third-order valence-corrected chi connectivity index (χ3v) is 8.39. The normalized spacial score (nSPS) is 37.3. The van der Waals surface area contributed by atoms with Crippen LogP contribution in [-0.2, 0) is 10.0 Å². The van der Waals surface area contributed by atoms with Gasteiger partial charge in [0.15, 0.2) is 0 Å². The molecule has 6 heteroatoms. The first-order valence-electron chi connectivity index (χ1n) is 7.77. The summed E-state index contributed by atoms with van der Waals surface area (Å²) in [6, 6.07) is 4.82. The number of rotatable bonds is 1. The maximum absolute atomic E-state index is 12.8. The van der Waals surface area contributed by atoms with E-state index in [4.69, 9.17) is 0 Å². The summed E-state index contributed by atoms with van der Waals surface area (Å²) in [6.07, 6.45) is 4.30. The standard InChI is InChI=1S/C16H20N2O3S/c1-15(2)11-6-7-16(15)10-22(20,21)18(13(16)9-11)14(19)12-5-3-4-8-17-12/h3-5,8,11,13H,6-7,9-10H2,1-2H3/t11-,13-,16-/m1/s1. The molecule has 3 fully saturated rings. The Balaban J connectivity index is 1.80. The molecule has 1 amide bonds. The highest BCUT2D eigenvalue weighted by molar-refractivity contribution is 7.90. The van der Waals surface area contributed by atoms with E-state index < -0.39 is 15.9 Å². The number of hydrogen-bond acceptors (Lipinski definition) is 4. The van der Waals surface area contributed by atoms with Crippen LogP contribution in [0.1, 0.15) is 43.6 Å². The number of amides is 1. The summed E-state index contributed by atoms with van der Waals surface area (Å²) in [5.74, 6) is 0.144. The van der Waals surface area contributed by atoms with Gasteiger partial charge in [-0.1, -0.05) is 19.9 Å². The van der Waals surface area contributed by atoms with Gasteiger partial charge in [-0.2, -0.15) is 0 Å². The number of carbonyl (C=O) groups is 1. The van der Waals surface area contributed by atoms with E-state index in [1.807, 2.05) is 0 Å². The molecule has 22 heavy (non-hydrogen) atoms. The second-order valence-corrected chi connectivity index (χ2v) is 9.28. The van der Waals surface area contributed by atoms with Crippen molar-refractivity contribution in [3.8, 4) is 0 Å². The van der Waals surface area contributed by atoms with Crippen molar-refractivity contribution in [2.45, 2.75) is 39.2 Å². The molecule has 2 saturated carbocycles. The maximum Gasteiger partial charge on any atom is 0.286 e. The molecule has 0 N–H and O–H groups in total. The summed E-state index contributed by atoms with van der Waals surface area (Å²) < 4.78 is 26.6. The van der Waals surface area contributed by atoms with E-state index in [1.165, 1.54) is 6.20 Å². The quantitative estimate of drug-likeness (QED) is 0.794. The van der Waals surface area contributed by atoms with Crippen molar-refractivity contribution in [1.82, 2.24) is 9.29 Å². The predicted molar refractivity (Wildman–Crippen MR) is 81.5 cm³/mol. The van der Waals surface area contributed by atoms with E-state index in [1.54, 1.807) is 18.2 Å². The molecule has 118 valence electrons. The highest BCUT2D eigenvalue weighted by Crippen LogP contribution is 2.70. The molecule has 0 radical (unpaired) electrons.